The van der Waals surface area contributed by atoms with Crippen LogP contribution in [0.5, 0.6) is 0 Å². The van der Waals surface area contributed by atoms with Gasteiger partial charge in [0.1, 0.15) is 17.3 Å². The monoisotopic (exact) mass is 401 g/mol. The number of halogens is 1. The zero-order chi connectivity index (χ0) is 18.0. The number of H-pyrrole nitrogens is 1. The number of benzene rings is 1. The largest absolute Gasteiger partial charge is 0.360 e. The van der Waals surface area contributed by atoms with Gasteiger partial charge in [0.2, 0.25) is 0 Å². The molecule has 2 heterocycles. The lowest BCUT2D eigenvalue weighted by molar-refractivity contribution is -0.385. The molecule has 2 aromatic heterocycles. The quantitative estimate of drug-likeness (QED) is 0.479. The van der Waals surface area contributed by atoms with Crippen molar-refractivity contribution in [2.24, 2.45) is 0 Å². The van der Waals surface area contributed by atoms with E-state index in [0.29, 0.717) is 11.5 Å². The van der Waals surface area contributed by atoms with Crippen LogP contribution in [0.2, 0.25) is 0 Å². The van der Waals surface area contributed by atoms with Crippen LogP contribution >= 0.6 is 15.9 Å². The van der Waals surface area contributed by atoms with E-state index < -0.39 is 4.92 Å². The summed E-state index contributed by atoms with van der Waals surface area (Å²) in [4.78, 5) is 22.4. The van der Waals surface area contributed by atoms with Crippen molar-refractivity contribution >= 4 is 27.4 Å². The summed E-state index contributed by atoms with van der Waals surface area (Å²) in [5, 5.41) is 14.1. The van der Waals surface area contributed by atoms with Crippen molar-refractivity contribution < 1.29 is 4.92 Å². The third-order valence-electron chi connectivity index (χ3n) is 3.78. The molecule has 0 unspecified atom stereocenters. The molecule has 0 aliphatic heterocycles. The molecule has 0 bridgehead atoms. The Hall–Kier alpha value is -2.74. The van der Waals surface area contributed by atoms with E-state index in [9.17, 15) is 10.1 Å². The maximum atomic E-state index is 10.9. The van der Waals surface area contributed by atoms with Crippen molar-refractivity contribution in [1.82, 2.24) is 15.0 Å². The SMILES string of the molecule is Cc1nc(N[C@@H](C)c2ncc(-c3ccc(Br)cc3)[nH]2)ccc1[N+](=O)[O-]. The van der Waals surface area contributed by atoms with Gasteiger partial charge in [-0.1, -0.05) is 28.1 Å². The van der Waals surface area contributed by atoms with E-state index in [2.05, 4.69) is 36.2 Å². The van der Waals surface area contributed by atoms with Crippen molar-refractivity contribution in [2.45, 2.75) is 19.9 Å². The molecule has 128 valence electrons. The highest BCUT2D eigenvalue weighted by Gasteiger charge is 2.15. The number of pyridine rings is 1. The molecule has 0 fully saturated rings. The molecule has 0 saturated heterocycles. The first-order chi connectivity index (χ1) is 11.9. The fourth-order valence-corrected chi connectivity index (χ4v) is 2.71. The first-order valence-electron chi connectivity index (χ1n) is 7.63. The number of hydrogen-bond donors (Lipinski definition) is 2. The normalized spacial score (nSPS) is 12.0. The first-order valence-corrected chi connectivity index (χ1v) is 8.43. The van der Waals surface area contributed by atoms with Crippen molar-refractivity contribution in [1.29, 1.82) is 0 Å². The van der Waals surface area contributed by atoms with Gasteiger partial charge in [0.25, 0.3) is 5.69 Å². The van der Waals surface area contributed by atoms with Gasteiger partial charge in [0, 0.05) is 10.5 Å². The number of nitrogens with one attached hydrogen (secondary N) is 2. The molecule has 0 spiro atoms. The molecular weight excluding hydrogens is 386 g/mol. The second-order valence-corrected chi connectivity index (χ2v) is 6.53. The average Bonchev–Trinajstić information content (AvgIpc) is 3.05. The van der Waals surface area contributed by atoms with Crippen molar-refractivity contribution in [3.8, 4) is 11.3 Å². The van der Waals surface area contributed by atoms with Crippen LogP contribution in [0.4, 0.5) is 11.5 Å². The fourth-order valence-electron chi connectivity index (χ4n) is 2.45. The number of anilines is 1. The number of aromatic amines is 1. The minimum absolute atomic E-state index is 0.00808. The summed E-state index contributed by atoms with van der Waals surface area (Å²) in [5.74, 6) is 1.33. The predicted molar refractivity (Wildman–Crippen MR) is 99.4 cm³/mol. The number of imidazole rings is 1. The molecule has 8 heteroatoms. The molecule has 3 aromatic rings. The Labute approximate surface area is 152 Å². The Morgan fingerprint density at radius 2 is 1.96 bits per heavy atom. The number of nitrogens with zero attached hydrogens (tertiary/aromatic N) is 3. The summed E-state index contributed by atoms with van der Waals surface area (Å²) in [5.41, 5.74) is 2.34. The summed E-state index contributed by atoms with van der Waals surface area (Å²) >= 11 is 3.42. The molecule has 0 amide bonds. The molecule has 3 rings (SSSR count). The van der Waals surface area contributed by atoms with Gasteiger partial charge in [-0.3, -0.25) is 10.1 Å². The van der Waals surface area contributed by atoms with Crippen LogP contribution < -0.4 is 5.32 Å². The van der Waals surface area contributed by atoms with Crippen LogP contribution in [-0.4, -0.2) is 19.9 Å². The molecule has 1 aromatic carbocycles. The van der Waals surface area contributed by atoms with Gasteiger partial charge in [-0.15, -0.1) is 0 Å². The van der Waals surface area contributed by atoms with E-state index in [1.54, 1.807) is 19.2 Å². The van der Waals surface area contributed by atoms with Gasteiger partial charge in [-0.05, 0) is 37.6 Å². The summed E-state index contributed by atoms with van der Waals surface area (Å²) in [7, 11) is 0. The molecule has 0 radical (unpaired) electrons. The van der Waals surface area contributed by atoms with Crippen LogP contribution in [0.15, 0.2) is 47.1 Å². The lowest BCUT2D eigenvalue weighted by Crippen LogP contribution is -2.10. The van der Waals surface area contributed by atoms with Crippen molar-refractivity contribution in [3.63, 3.8) is 0 Å². The number of aromatic nitrogens is 3. The topological polar surface area (TPSA) is 96.7 Å². The molecule has 0 aliphatic rings. The fraction of sp³-hybridized carbons (Fsp3) is 0.176. The Balaban J connectivity index is 1.76. The Bertz CT molecular complexity index is 908. The van der Waals surface area contributed by atoms with Crippen molar-refractivity contribution in [3.05, 3.63) is 68.7 Å². The minimum atomic E-state index is -0.438. The van der Waals surface area contributed by atoms with Gasteiger partial charge in [-0.2, -0.15) is 0 Å². The highest BCUT2D eigenvalue weighted by atomic mass is 79.9. The van der Waals surface area contributed by atoms with Crippen LogP contribution in [0.1, 0.15) is 24.5 Å². The third kappa shape index (κ3) is 3.85. The Kier molecular flexibility index (Phi) is 4.80. The summed E-state index contributed by atoms with van der Waals surface area (Å²) in [6.45, 7) is 3.56. The van der Waals surface area contributed by atoms with Crippen LogP contribution in [0.3, 0.4) is 0 Å². The van der Waals surface area contributed by atoms with Crippen LogP contribution in [0.25, 0.3) is 11.3 Å². The van der Waals surface area contributed by atoms with Gasteiger partial charge < -0.3 is 10.3 Å². The predicted octanol–water partition coefficient (Wildman–Crippen LogP) is 4.62. The van der Waals surface area contributed by atoms with Gasteiger partial charge in [0.15, 0.2) is 0 Å². The van der Waals surface area contributed by atoms with E-state index in [0.717, 1.165) is 21.6 Å². The molecule has 2 N–H and O–H groups in total. The third-order valence-corrected chi connectivity index (χ3v) is 4.31. The standard InChI is InChI=1S/C17H16BrN5O2/c1-10-15(23(24)25)7-8-16(20-10)21-11(2)17-19-9-14(22-17)12-3-5-13(18)6-4-12/h3-9,11H,1-2H3,(H,19,22)(H,20,21)/t11-/m0/s1. The molecule has 1 atom stereocenters. The van der Waals surface area contributed by atoms with Gasteiger partial charge >= 0.3 is 0 Å². The number of nitro groups is 1. The van der Waals surface area contributed by atoms with E-state index in [-0.39, 0.29) is 11.7 Å². The van der Waals surface area contributed by atoms with Crippen LogP contribution in [0, 0.1) is 17.0 Å². The molecule has 25 heavy (non-hydrogen) atoms. The highest BCUT2D eigenvalue weighted by molar-refractivity contribution is 9.10. The lowest BCUT2D eigenvalue weighted by Gasteiger charge is -2.12. The zero-order valence-corrected chi connectivity index (χ0v) is 15.2. The Morgan fingerprint density at radius 3 is 2.60 bits per heavy atom. The number of aryl methyl sites for hydroxylation is 1. The highest BCUT2D eigenvalue weighted by Crippen LogP contribution is 2.24. The second kappa shape index (κ2) is 7.02. The average molecular weight is 402 g/mol. The summed E-state index contributed by atoms with van der Waals surface area (Å²) in [6.07, 6.45) is 1.78. The molecule has 0 aliphatic carbocycles. The Morgan fingerprint density at radius 1 is 1.24 bits per heavy atom. The van der Waals surface area contributed by atoms with E-state index >= 15 is 0 Å². The van der Waals surface area contributed by atoms with Crippen LogP contribution in [-0.2, 0) is 0 Å². The van der Waals surface area contributed by atoms with Gasteiger partial charge in [-0.25, -0.2) is 9.97 Å². The van der Waals surface area contributed by atoms with E-state index in [1.165, 1.54) is 6.07 Å². The minimum Gasteiger partial charge on any atom is -0.360 e. The lowest BCUT2D eigenvalue weighted by atomic mass is 10.2. The molecular formula is C17H16BrN5O2. The maximum Gasteiger partial charge on any atom is 0.290 e. The number of hydrogen-bond acceptors (Lipinski definition) is 5. The van der Waals surface area contributed by atoms with E-state index in [1.807, 2.05) is 31.2 Å². The van der Waals surface area contributed by atoms with Gasteiger partial charge in [0.05, 0.1) is 22.9 Å². The van der Waals surface area contributed by atoms with E-state index in [4.69, 9.17) is 0 Å². The molecule has 7 nitrogen and oxygen atoms in total. The zero-order valence-electron chi connectivity index (χ0n) is 13.7. The summed E-state index contributed by atoms with van der Waals surface area (Å²) < 4.78 is 1.02. The maximum absolute atomic E-state index is 10.9. The second-order valence-electron chi connectivity index (χ2n) is 5.61. The van der Waals surface area contributed by atoms with Crippen molar-refractivity contribution in [2.75, 3.05) is 5.32 Å². The smallest absolute Gasteiger partial charge is 0.290 e. The first kappa shape index (κ1) is 17.1. The summed E-state index contributed by atoms with van der Waals surface area (Å²) in [6, 6.07) is 10.9. The number of rotatable bonds is 5. The molecule has 0 saturated carbocycles.